The van der Waals surface area contributed by atoms with E-state index in [-0.39, 0.29) is 0 Å². The largest absolute Gasteiger partial charge is 0.460 e. The third-order valence-electron chi connectivity index (χ3n) is 3.31. The fraction of sp³-hybridized carbons (Fsp3) is 0.333. The molecule has 18 heavy (non-hydrogen) atoms. The van der Waals surface area contributed by atoms with Crippen LogP contribution in [0.1, 0.15) is 5.76 Å². The molecule has 0 unspecified atom stereocenters. The predicted molar refractivity (Wildman–Crippen MR) is 72.3 cm³/mol. The van der Waals surface area contributed by atoms with Crippen molar-refractivity contribution in [3.8, 4) is 11.3 Å². The number of nitrogens with one attached hydrogen (secondary N) is 1. The van der Waals surface area contributed by atoms with Crippen LogP contribution in [-0.4, -0.2) is 31.1 Å². The van der Waals surface area contributed by atoms with Crippen LogP contribution in [0.25, 0.3) is 11.3 Å². The molecule has 2 aromatic rings. The topological polar surface area (TPSA) is 28.4 Å². The van der Waals surface area contributed by atoms with Crippen LogP contribution in [0, 0.1) is 0 Å². The molecule has 0 aliphatic carbocycles. The number of rotatable bonds is 3. The zero-order chi connectivity index (χ0) is 12.2. The lowest BCUT2D eigenvalue weighted by Crippen LogP contribution is -2.42. The molecular formula is C15H18N2O. The molecule has 0 bridgehead atoms. The Morgan fingerprint density at radius 1 is 1.00 bits per heavy atom. The number of piperazine rings is 1. The van der Waals surface area contributed by atoms with Gasteiger partial charge in [0.25, 0.3) is 0 Å². The molecule has 0 radical (unpaired) electrons. The van der Waals surface area contributed by atoms with Gasteiger partial charge in [-0.3, -0.25) is 4.90 Å². The number of hydrogen-bond acceptors (Lipinski definition) is 3. The Labute approximate surface area is 107 Å². The third kappa shape index (κ3) is 2.63. The van der Waals surface area contributed by atoms with Crippen molar-refractivity contribution in [2.24, 2.45) is 0 Å². The summed E-state index contributed by atoms with van der Waals surface area (Å²) in [5, 5.41) is 3.36. The van der Waals surface area contributed by atoms with Gasteiger partial charge in [-0.05, 0) is 12.1 Å². The first kappa shape index (κ1) is 11.5. The number of nitrogens with zero attached hydrogens (tertiary/aromatic N) is 1. The first-order chi connectivity index (χ1) is 8.92. The molecule has 1 aromatic heterocycles. The molecule has 3 rings (SSSR count). The van der Waals surface area contributed by atoms with E-state index in [1.54, 1.807) is 0 Å². The van der Waals surface area contributed by atoms with Gasteiger partial charge in [0.2, 0.25) is 0 Å². The smallest absolute Gasteiger partial charge is 0.134 e. The van der Waals surface area contributed by atoms with E-state index >= 15 is 0 Å². The van der Waals surface area contributed by atoms with Crippen molar-refractivity contribution in [2.75, 3.05) is 26.2 Å². The number of hydrogen-bond donors (Lipinski definition) is 1. The highest BCUT2D eigenvalue weighted by Gasteiger charge is 2.12. The Kier molecular flexibility index (Phi) is 3.44. The lowest BCUT2D eigenvalue weighted by Gasteiger charge is -2.26. The summed E-state index contributed by atoms with van der Waals surface area (Å²) in [4.78, 5) is 2.42. The van der Waals surface area contributed by atoms with Crippen molar-refractivity contribution >= 4 is 0 Å². The van der Waals surface area contributed by atoms with Gasteiger partial charge in [0.1, 0.15) is 11.5 Å². The zero-order valence-electron chi connectivity index (χ0n) is 10.4. The molecule has 94 valence electrons. The molecule has 0 saturated carbocycles. The van der Waals surface area contributed by atoms with Crippen LogP contribution in [0.2, 0.25) is 0 Å². The highest BCUT2D eigenvalue weighted by molar-refractivity contribution is 5.57. The minimum atomic E-state index is 0.911. The van der Waals surface area contributed by atoms with Gasteiger partial charge in [-0.25, -0.2) is 0 Å². The summed E-state index contributed by atoms with van der Waals surface area (Å²) < 4.78 is 5.91. The molecule has 1 N–H and O–H groups in total. The van der Waals surface area contributed by atoms with Gasteiger partial charge in [0, 0.05) is 31.7 Å². The Balaban J connectivity index is 1.69. The maximum atomic E-state index is 5.91. The normalized spacial score (nSPS) is 16.9. The molecule has 1 fully saturated rings. The van der Waals surface area contributed by atoms with E-state index in [9.17, 15) is 0 Å². The maximum absolute atomic E-state index is 5.91. The zero-order valence-corrected chi connectivity index (χ0v) is 10.4. The standard InChI is InChI=1S/C15H18N2O/c1-2-4-13(5-3-1)15-7-6-14(18-15)12-17-10-8-16-9-11-17/h1-7,16H,8-12H2. The van der Waals surface area contributed by atoms with Gasteiger partial charge in [0.15, 0.2) is 0 Å². The SMILES string of the molecule is c1ccc(-c2ccc(CN3CCNCC3)o2)cc1. The molecule has 0 spiro atoms. The molecule has 1 saturated heterocycles. The molecule has 0 amide bonds. The fourth-order valence-corrected chi connectivity index (χ4v) is 2.31. The third-order valence-corrected chi connectivity index (χ3v) is 3.31. The average Bonchev–Trinajstić information content (AvgIpc) is 2.89. The van der Waals surface area contributed by atoms with E-state index < -0.39 is 0 Å². The molecule has 1 aliphatic heterocycles. The molecule has 0 atom stereocenters. The van der Waals surface area contributed by atoms with Gasteiger partial charge < -0.3 is 9.73 Å². The minimum Gasteiger partial charge on any atom is -0.460 e. The van der Waals surface area contributed by atoms with E-state index in [1.807, 2.05) is 18.2 Å². The lowest BCUT2D eigenvalue weighted by atomic mass is 10.2. The quantitative estimate of drug-likeness (QED) is 0.895. The van der Waals surface area contributed by atoms with Crippen LogP contribution in [-0.2, 0) is 6.54 Å². The molecule has 2 heterocycles. The summed E-state index contributed by atoms with van der Waals surface area (Å²) in [6, 6.07) is 14.4. The number of benzene rings is 1. The minimum absolute atomic E-state index is 0.911. The predicted octanol–water partition coefficient (Wildman–Crippen LogP) is 2.35. The van der Waals surface area contributed by atoms with Crippen molar-refractivity contribution in [2.45, 2.75) is 6.54 Å². The van der Waals surface area contributed by atoms with E-state index in [0.717, 1.165) is 49.8 Å². The van der Waals surface area contributed by atoms with Gasteiger partial charge in [-0.1, -0.05) is 30.3 Å². The van der Waals surface area contributed by atoms with Crippen molar-refractivity contribution < 1.29 is 4.42 Å². The van der Waals surface area contributed by atoms with Crippen molar-refractivity contribution in [3.05, 3.63) is 48.2 Å². The summed E-state index contributed by atoms with van der Waals surface area (Å²) in [5.74, 6) is 2.01. The van der Waals surface area contributed by atoms with Crippen LogP contribution >= 0.6 is 0 Å². The van der Waals surface area contributed by atoms with Crippen LogP contribution in [0.15, 0.2) is 46.9 Å². The monoisotopic (exact) mass is 242 g/mol. The van der Waals surface area contributed by atoms with Gasteiger partial charge in [-0.2, -0.15) is 0 Å². The van der Waals surface area contributed by atoms with Crippen molar-refractivity contribution in [1.29, 1.82) is 0 Å². The Morgan fingerprint density at radius 3 is 2.56 bits per heavy atom. The molecule has 1 aromatic carbocycles. The van der Waals surface area contributed by atoms with Crippen molar-refractivity contribution in [1.82, 2.24) is 10.2 Å². The van der Waals surface area contributed by atoms with Crippen molar-refractivity contribution in [3.63, 3.8) is 0 Å². The Bertz CT molecular complexity index is 486. The van der Waals surface area contributed by atoms with Crippen LogP contribution in [0.4, 0.5) is 0 Å². The second kappa shape index (κ2) is 5.38. The molecule has 3 heteroatoms. The fourth-order valence-electron chi connectivity index (χ4n) is 2.31. The van der Waals surface area contributed by atoms with E-state index in [4.69, 9.17) is 4.42 Å². The number of furan rings is 1. The van der Waals surface area contributed by atoms with E-state index in [0.29, 0.717) is 0 Å². The highest BCUT2D eigenvalue weighted by atomic mass is 16.3. The highest BCUT2D eigenvalue weighted by Crippen LogP contribution is 2.22. The molecular weight excluding hydrogens is 224 g/mol. The Hall–Kier alpha value is -1.58. The summed E-state index contributed by atoms with van der Waals surface area (Å²) in [6.07, 6.45) is 0. The lowest BCUT2D eigenvalue weighted by molar-refractivity contribution is 0.217. The van der Waals surface area contributed by atoms with E-state index in [1.165, 1.54) is 0 Å². The van der Waals surface area contributed by atoms with E-state index in [2.05, 4.69) is 34.5 Å². The average molecular weight is 242 g/mol. The second-order valence-electron chi connectivity index (χ2n) is 4.66. The first-order valence-electron chi connectivity index (χ1n) is 6.49. The summed E-state index contributed by atoms with van der Waals surface area (Å²) in [5.41, 5.74) is 1.14. The van der Waals surface area contributed by atoms with Crippen LogP contribution in [0.3, 0.4) is 0 Å². The van der Waals surface area contributed by atoms with Crippen LogP contribution < -0.4 is 5.32 Å². The van der Waals surface area contributed by atoms with Gasteiger partial charge in [0.05, 0.1) is 6.54 Å². The summed E-state index contributed by atoms with van der Waals surface area (Å²) in [6.45, 7) is 5.26. The maximum Gasteiger partial charge on any atom is 0.134 e. The Morgan fingerprint density at radius 2 is 1.78 bits per heavy atom. The van der Waals surface area contributed by atoms with Gasteiger partial charge >= 0.3 is 0 Å². The summed E-state index contributed by atoms with van der Waals surface area (Å²) >= 11 is 0. The molecule has 3 nitrogen and oxygen atoms in total. The summed E-state index contributed by atoms with van der Waals surface area (Å²) in [7, 11) is 0. The first-order valence-corrected chi connectivity index (χ1v) is 6.49. The van der Waals surface area contributed by atoms with Gasteiger partial charge in [-0.15, -0.1) is 0 Å². The van der Waals surface area contributed by atoms with Crippen LogP contribution in [0.5, 0.6) is 0 Å². The second-order valence-corrected chi connectivity index (χ2v) is 4.66. The molecule has 1 aliphatic rings.